The van der Waals surface area contributed by atoms with Crippen molar-refractivity contribution in [2.75, 3.05) is 10.0 Å². The van der Waals surface area contributed by atoms with Crippen LogP contribution in [0.25, 0.3) is 10.8 Å². The van der Waals surface area contributed by atoms with E-state index < -0.39 is 63.5 Å². The number of carbonyl (C=O) groups excluding carboxylic acids is 1. The number of aromatic hydroxyl groups is 1. The number of unbranched alkanes of at least 4 members (excludes halogenated alkanes) is 8. The predicted octanol–water partition coefficient (Wildman–Crippen LogP) is 8.99. The van der Waals surface area contributed by atoms with E-state index in [4.69, 9.17) is 0 Å². The Balaban J connectivity index is 1.50. The Hall–Kier alpha value is -4.46. The molecule has 0 fully saturated rings. The van der Waals surface area contributed by atoms with E-state index >= 15 is 0 Å². The Morgan fingerprint density at radius 3 is 1.98 bits per heavy atom. The van der Waals surface area contributed by atoms with Gasteiger partial charge in [-0.3, -0.25) is 18.6 Å². The molecule has 310 valence electrons. The summed E-state index contributed by atoms with van der Waals surface area (Å²) in [6.45, 7) is 5.17. The summed E-state index contributed by atoms with van der Waals surface area (Å²) < 4.78 is 97.7. The van der Waals surface area contributed by atoms with Gasteiger partial charge in [0.05, 0.1) is 27.3 Å². The van der Waals surface area contributed by atoms with Gasteiger partial charge in [0.25, 0.3) is 30.3 Å². The molecule has 15 nitrogen and oxygen atoms in total. The third-order valence-corrected chi connectivity index (χ3v) is 12.6. The molecule has 2 atom stereocenters. The van der Waals surface area contributed by atoms with E-state index in [2.05, 4.69) is 27.2 Å². The first-order valence-electron chi connectivity index (χ1n) is 18.7. The quantitative estimate of drug-likeness (QED) is 0.0262. The molecule has 0 saturated heterocycles. The first kappa shape index (κ1) is 45.2. The molecule has 0 heterocycles. The molecular formula is C39H50N4O11S3. The van der Waals surface area contributed by atoms with Gasteiger partial charge < -0.3 is 15.5 Å². The van der Waals surface area contributed by atoms with Crippen molar-refractivity contribution in [3.8, 4) is 5.75 Å². The van der Waals surface area contributed by atoms with Crippen molar-refractivity contribution >= 4 is 69.7 Å². The topological polar surface area (TPSA) is 249 Å². The Bertz CT molecular complexity index is 2400. The monoisotopic (exact) mass is 846 g/mol. The zero-order valence-corrected chi connectivity index (χ0v) is 34.5. The van der Waals surface area contributed by atoms with Gasteiger partial charge in [-0.1, -0.05) is 89.8 Å². The van der Waals surface area contributed by atoms with E-state index in [1.54, 1.807) is 18.2 Å². The minimum absolute atomic E-state index is 0.0587. The Kier molecular flexibility index (Phi) is 15.7. The molecule has 0 aromatic heterocycles. The van der Waals surface area contributed by atoms with Crippen molar-refractivity contribution in [1.82, 2.24) is 0 Å². The molecule has 18 heteroatoms. The third kappa shape index (κ3) is 12.8. The highest BCUT2D eigenvalue weighted by Gasteiger charge is 2.26. The molecule has 4 aromatic rings. The highest BCUT2D eigenvalue weighted by molar-refractivity contribution is 7.92. The van der Waals surface area contributed by atoms with Crippen LogP contribution < -0.4 is 10.0 Å². The molecule has 0 aliphatic rings. The molecule has 6 N–H and O–H groups in total. The fourth-order valence-corrected chi connectivity index (χ4v) is 9.17. The number of phenols is 1. The summed E-state index contributed by atoms with van der Waals surface area (Å²) in [5.74, 6) is -1.85. The van der Waals surface area contributed by atoms with Crippen LogP contribution in [0.2, 0.25) is 0 Å². The van der Waals surface area contributed by atoms with Gasteiger partial charge in [-0.15, -0.1) is 5.11 Å². The van der Waals surface area contributed by atoms with Gasteiger partial charge in [-0.25, -0.2) is 8.42 Å². The van der Waals surface area contributed by atoms with E-state index in [-0.39, 0.29) is 38.6 Å². The molecule has 0 radical (unpaired) electrons. The maximum absolute atomic E-state index is 13.6. The average molecular weight is 847 g/mol. The maximum Gasteiger partial charge on any atom is 0.296 e. The van der Waals surface area contributed by atoms with Crippen molar-refractivity contribution in [2.24, 2.45) is 10.2 Å². The van der Waals surface area contributed by atoms with Gasteiger partial charge in [0.15, 0.2) is 5.75 Å². The molecule has 0 aliphatic heterocycles. The van der Waals surface area contributed by atoms with Gasteiger partial charge in [0.2, 0.25) is 5.91 Å². The molecule has 4 aromatic carbocycles. The minimum Gasteiger partial charge on any atom is -0.505 e. The summed E-state index contributed by atoms with van der Waals surface area (Å²) in [6.07, 6.45) is 11.1. The highest BCUT2D eigenvalue weighted by Crippen LogP contribution is 2.45. The number of fused-ring (bicyclic) bond motifs is 1. The van der Waals surface area contributed by atoms with Gasteiger partial charge in [-0.2, -0.15) is 21.9 Å². The summed E-state index contributed by atoms with van der Waals surface area (Å²) in [5.41, 5.74) is -0.297. The normalized spacial score (nSPS) is 13.5. The van der Waals surface area contributed by atoms with Gasteiger partial charge >= 0.3 is 0 Å². The molecule has 0 saturated carbocycles. The van der Waals surface area contributed by atoms with Crippen LogP contribution in [0.5, 0.6) is 5.75 Å². The minimum atomic E-state index is -5.12. The van der Waals surface area contributed by atoms with Crippen LogP contribution >= 0.6 is 0 Å². The lowest BCUT2D eigenvalue weighted by Crippen LogP contribution is -2.17. The fourth-order valence-electron chi connectivity index (χ4n) is 6.58. The Morgan fingerprint density at radius 2 is 1.39 bits per heavy atom. The highest BCUT2D eigenvalue weighted by atomic mass is 32.2. The lowest BCUT2D eigenvalue weighted by Gasteiger charge is -2.20. The van der Waals surface area contributed by atoms with Gasteiger partial charge in [0, 0.05) is 18.0 Å². The molecule has 0 spiro atoms. The molecule has 4 rings (SSSR count). The van der Waals surface area contributed by atoms with Gasteiger partial charge in [-0.05, 0) is 78.2 Å². The van der Waals surface area contributed by atoms with E-state index in [9.17, 15) is 49.4 Å². The van der Waals surface area contributed by atoms with Crippen molar-refractivity contribution in [1.29, 1.82) is 0 Å². The number of nitrogens with zero attached hydrogens (tertiary/aromatic N) is 2. The van der Waals surface area contributed by atoms with Crippen LogP contribution in [0.1, 0.15) is 103 Å². The average Bonchev–Trinajstić information content (AvgIpc) is 3.13. The number of azo groups is 1. The number of phenolic OH excluding ortho intramolecular Hbond substituents is 1. The van der Waals surface area contributed by atoms with Gasteiger partial charge in [0.1, 0.15) is 10.6 Å². The zero-order chi connectivity index (χ0) is 42.0. The standard InChI is InChI=1S/C39H50N4O11S3/c1-4-5-6-7-8-9-10-11-12-15-31(45)22-26(2)33-16-13-14-17-35(33)55(47,48)43-30-20-18-29(19-21-30)41-42-38-36(57(52,53)54)24-28-23-32(56(49,50)51)25-34(40-27(3)44)37(28)39(38)46/h13-14,16-21,23-26,31,43,45-46H,4-12,15,22H2,1-3H3,(H,40,44)(H,49,50,51)(H,52,53,54). The number of sulfonamides is 1. The maximum atomic E-state index is 13.6. The van der Waals surface area contributed by atoms with Crippen LogP contribution in [0.3, 0.4) is 0 Å². The van der Waals surface area contributed by atoms with Crippen LogP contribution in [0.15, 0.2) is 91.6 Å². The number of carbonyl (C=O) groups is 1. The molecular weight excluding hydrogens is 797 g/mol. The lowest BCUT2D eigenvalue weighted by molar-refractivity contribution is -0.114. The largest absolute Gasteiger partial charge is 0.505 e. The van der Waals surface area contributed by atoms with E-state index in [0.717, 1.165) is 44.4 Å². The summed E-state index contributed by atoms with van der Waals surface area (Å²) in [6, 6.07) is 14.5. The Morgan fingerprint density at radius 1 is 0.772 bits per heavy atom. The van der Waals surface area contributed by atoms with Crippen molar-refractivity contribution in [3.63, 3.8) is 0 Å². The zero-order valence-electron chi connectivity index (χ0n) is 32.0. The third-order valence-electron chi connectivity index (χ3n) is 9.40. The van der Waals surface area contributed by atoms with Crippen molar-refractivity contribution in [3.05, 3.63) is 72.3 Å². The van der Waals surface area contributed by atoms with Crippen LogP contribution in [-0.4, -0.2) is 56.6 Å². The van der Waals surface area contributed by atoms with Crippen LogP contribution in [0, 0.1) is 0 Å². The van der Waals surface area contributed by atoms with Crippen molar-refractivity contribution < 1.29 is 49.4 Å². The number of aliphatic hydroxyl groups excluding tert-OH is 1. The lowest BCUT2D eigenvalue weighted by atomic mass is 9.93. The first-order valence-corrected chi connectivity index (χ1v) is 23.1. The number of rotatable bonds is 21. The summed E-state index contributed by atoms with van der Waals surface area (Å²) >= 11 is 0. The number of anilines is 2. The van der Waals surface area contributed by atoms with E-state index in [0.29, 0.717) is 18.4 Å². The SMILES string of the molecule is CCCCCCCCCCCC(O)CC(C)c1ccccc1S(=O)(=O)Nc1ccc(N=Nc2c(S(=O)(=O)O)cc3cc(S(=O)(=O)O)cc(NC(C)=O)c3c2O)cc1. The smallest absolute Gasteiger partial charge is 0.296 e. The number of hydrogen-bond acceptors (Lipinski definition) is 11. The second-order valence-electron chi connectivity index (χ2n) is 14.1. The number of amides is 1. The summed E-state index contributed by atoms with van der Waals surface area (Å²) in [5, 5.41) is 31.4. The first-order chi connectivity index (χ1) is 26.8. The number of aliphatic hydroxyl groups is 1. The number of nitrogens with one attached hydrogen (secondary N) is 2. The number of hydrogen-bond donors (Lipinski definition) is 6. The summed E-state index contributed by atoms with van der Waals surface area (Å²) in [7, 11) is -14.1. The molecule has 0 bridgehead atoms. The predicted molar refractivity (Wildman–Crippen MR) is 218 cm³/mol. The van der Waals surface area contributed by atoms with E-state index in [1.807, 2.05) is 6.92 Å². The molecule has 2 unspecified atom stereocenters. The fraction of sp³-hybridized carbons (Fsp3) is 0.410. The molecule has 57 heavy (non-hydrogen) atoms. The van der Waals surface area contributed by atoms with Crippen LogP contribution in [0.4, 0.5) is 22.7 Å². The van der Waals surface area contributed by atoms with Crippen LogP contribution in [-0.2, 0) is 35.1 Å². The summed E-state index contributed by atoms with van der Waals surface area (Å²) in [4.78, 5) is 10.2. The van der Waals surface area contributed by atoms with E-state index in [1.165, 1.54) is 68.9 Å². The molecule has 0 aliphatic carbocycles. The second kappa shape index (κ2) is 19.8. The van der Waals surface area contributed by atoms with Crippen molar-refractivity contribution in [2.45, 2.75) is 118 Å². The Labute approximate surface area is 334 Å². The molecule has 1 amide bonds. The number of benzene rings is 4. The second-order valence-corrected chi connectivity index (χ2v) is 18.5.